The molecule has 5 N–H and O–H groups in total. The van der Waals surface area contributed by atoms with E-state index in [-0.39, 0.29) is 29.6 Å². The van der Waals surface area contributed by atoms with E-state index in [1.54, 1.807) is 6.92 Å². The molecule has 2 saturated heterocycles. The lowest BCUT2D eigenvalue weighted by Gasteiger charge is -2.30. The van der Waals surface area contributed by atoms with Gasteiger partial charge in [-0.1, -0.05) is 41.7 Å². The molecule has 0 radical (unpaired) electrons. The average molecular weight is 595 g/mol. The number of nitrogens with one attached hydrogen (secondary N) is 1. The molecular weight excluding hydrogens is 563 g/mol. The van der Waals surface area contributed by atoms with Crippen LogP contribution in [-0.2, 0) is 23.4 Å². The molecule has 14 nitrogen and oxygen atoms in total. The van der Waals surface area contributed by atoms with Gasteiger partial charge in [0.1, 0.15) is 30.0 Å². The normalized spacial score (nSPS) is 31.2. The molecule has 2 unspecified atom stereocenters. The molecule has 0 bridgehead atoms. The summed E-state index contributed by atoms with van der Waals surface area (Å²) >= 11 is 1.05. The molecule has 40 heavy (non-hydrogen) atoms. The van der Waals surface area contributed by atoms with Crippen LogP contribution in [0.15, 0.2) is 36.7 Å². The highest BCUT2D eigenvalue weighted by atomic mass is 32.7. The number of ether oxygens (including phenoxy) is 3. The molecule has 0 amide bonds. The van der Waals surface area contributed by atoms with Gasteiger partial charge in [-0.05, 0) is 25.8 Å². The van der Waals surface area contributed by atoms with Crippen molar-refractivity contribution in [1.82, 2.24) is 24.6 Å². The van der Waals surface area contributed by atoms with Crippen molar-refractivity contribution in [2.75, 3.05) is 25.2 Å². The second-order valence-corrected chi connectivity index (χ2v) is 14.1. The van der Waals surface area contributed by atoms with E-state index in [0.717, 1.165) is 16.9 Å². The molecular formula is C24H31N6O8PS. The quantitative estimate of drug-likeness (QED) is 0.218. The van der Waals surface area contributed by atoms with Crippen LogP contribution in [0.4, 0.5) is 5.95 Å². The lowest BCUT2D eigenvalue weighted by Crippen LogP contribution is -2.44. The molecule has 5 rings (SSSR count). The summed E-state index contributed by atoms with van der Waals surface area (Å²) in [5.41, 5.74) is 5.34. The van der Waals surface area contributed by atoms with Gasteiger partial charge < -0.3 is 34.7 Å². The molecule has 3 aromatic rings. The van der Waals surface area contributed by atoms with Gasteiger partial charge in [0.2, 0.25) is 11.8 Å². The summed E-state index contributed by atoms with van der Waals surface area (Å²) in [6.07, 6.45) is -2.35. The van der Waals surface area contributed by atoms with Gasteiger partial charge in [-0.2, -0.15) is 9.97 Å². The van der Waals surface area contributed by atoms with Gasteiger partial charge in [0.25, 0.3) is 0 Å². The first-order valence-electron chi connectivity index (χ1n) is 12.5. The van der Waals surface area contributed by atoms with Crippen molar-refractivity contribution in [1.29, 1.82) is 0 Å². The first-order chi connectivity index (χ1) is 19.0. The maximum Gasteiger partial charge on any atom is 0.327 e. The highest BCUT2D eigenvalue weighted by Crippen LogP contribution is 2.59. The van der Waals surface area contributed by atoms with Crippen molar-refractivity contribution in [2.45, 2.75) is 56.5 Å². The zero-order valence-corrected chi connectivity index (χ0v) is 23.7. The van der Waals surface area contributed by atoms with Crippen LogP contribution in [0.2, 0.25) is 0 Å². The highest BCUT2D eigenvalue weighted by molar-refractivity contribution is 8.56. The summed E-state index contributed by atoms with van der Waals surface area (Å²) in [6.45, 7) is -0.748. The Hall–Kier alpha value is -2.78. The number of aliphatic hydroxyl groups excluding tert-OH is 1. The summed E-state index contributed by atoms with van der Waals surface area (Å²) in [7, 11) is 1.41. The van der Waals surface area contributed by atoms with Crippen LogP contribution in [0, 0.1) is 0 Å². The molecule has 216 valence electrons. The lowest BCUT2D eigenvalue weighted by atomic mass is 9.96. The smallest absolute Gasteiger partial charge is 0.327 e. The number of benzene rings is 1. The summed E-state index contributed by atoms with van der Waals surface area (Å²) in [5, 5.41) is 24.9. The number of nitrogens with two attached hydrogens (primary N) is 1. The Labute approximate surface area is 233 Å². The third-order valence-corrected chi connectivity index (χ3v) is 10.9. The van der Waals surface area contributed by atoms with E-state index in [1.165, 1.54) is 24.9 Å². The van der Waals surface area contributed by atoms with Crippen molar-refractivity contribution in [3.8, 4) is 5.88 Å². The maximum atomic E-state index is 13.5. The predicted molar refractivity (Wildman–Crippen MR) is 145 cm³/mol. The summed E-state index contributed by atoms with van der Waals surface area (Å²) in [6, 6.07) is 8.46. The summed E-state index contributed by atoms with van der Waals surface area (Å²) < 4.78 is 37.4. The van der Waals surface area contributed by atoms with Crippen LogP contribution in [0.1, 0.15) is 38.2 Å². The van der Waals surface area contributed by atoms with Gasteiger partial charge >= 0.3 is 12.7 Å². The number of anilines is 1. The fourth-order valence-electron chi connectivity index (χ4n) is 4.65. The minimum atomic E-state index is -3.58. The Kier molecular flexibility index (Phi) is 8.08. The molecule has 4 heterocycles. The Morgan fingerprint density at radius 2 is 2.12 bits per heavy atom. The average Bonchev–Trinajstić information content (AvgIpc) is 3.45. The van der Waals surface area contributed by atoms with Crippen LogP contribution in [0.5, 0.6) is 5.88 Å². The molecule has 2 fully saturated rings. The number of nitrogen functional groups attached to an aromatic ring is 1. The van der Waals surface area contributed by atoms with Crippen molar-refractivity contribution in [3.63, 3.8) is 0 Å². The number of esters is 1. The zero-order valence-electron chi connectivity index (χ0n) is 22.0. The predicted octanol–water partition coefficient (Wildman–Crippen LogP) is 1.95. The topological polar surface area (TPSA) is 193 Å². The largest absolute Gasteiger partial charge is 0.479 e. The molecule has 0 saturated carbocycles. The van der Waals surface area contributed by atoms with E-state index in [4.69, 9.17) is 24.5 Å². The Morgan fingerprint density at radius 3 is 2.85 bits per heavy atom. The highest BCUT2D eigenvalue weighted by Gasteiger charge is 2.54. The maximum absolute atomic E-state index is 13.5. The van der Waals surface area contributed by atoms with Gasteiger partial charge in [-0.3, -0.25) is 13.9 Å². The van der Waals surface area contributed by atoms with E-state index in [2.05, 4.69) is 20.0 Å². The van der Waals surface area contributed by atoms with E-state index < -0.39 is 48.9 Å². The van der Waals surface area contributed by atoms with Gasteiger partial charge in [-0.15, -0.1) is 0 Å². The molecule has 0 aliphatic carbocycles. The van der Waals surface area contributed by atoms with Crippen LogP contribution in [0.25, 0.3) is 11.2 Å². The number of carbonyl (C=O) groups excluding carboxylic acids is 1. The number of imidazole rings is 1. The Morgan fingerprint density at radius 1 is 1.38 bits per heavy atom. The number of hydrogen-bond donors (Lipinski definition) is 4. The number of nitrogens with zero attached hydrogens (tertiary/aromatic N) is 4. The minimum Gasteiger partial charge on any atom is -0.479 e. The Bertz CT molecular complexity index is 1430. The fraction of sp³-hybridized carbons (Fsp3) is 0.500. The standard InChI is InChI=1S/C24H31N6O8PS/c1-13(14-7-5-4-6-8-14)37-21(32)15-9-10-40-39(34,29-15)36-11-16-18(31)24(2,33)22(38-16)30-12-26-17-19(30)27-23(25)28-20(17)35-3/h4-8,12-13,15-16,18,22,31,33H,9-11H2,1-3H3,(H,29,34)(H2,25,27,28)/t13-,15-,16?,18+,22+,24+,39?/m0/s1. The first kappa shape index (κ1) is 28.7. The third-order valence-electron chi connectivity index (χ3n) is 6.84. The molecule has 2 aliphatic rings. The number of rotatable bonds is 8. The van der Waals surface area contributed by atoms with Gasteiger partial charge in [-0.25, -0.2) is 10.1 Å². The van der Waals surface area contributed by atoms with Gasteiger partial charge in [0.15, 0.2) is 17.4 Å². The van der Waals surface area contributed by atoms with Gasteiger partial charge in [0.05, 0.1) is 20.0 Å². The molecule has 16 heteroatoms. The summed E-state index contributed by atoms with van der Waals surface area (Å²) in [4.78, 5) is 25.2. The number of fused-ring (bicyclic) bond motifs is 1. The van der Waals surface area contributed by atoms with Crippen molar-refractivity contribution in [3.05, 3.63) is 42.2 Å². The zero-order chi connectivity index (χ0) is 28.7. The molecule has 2 aromatic heterocycles. The van der Waals surface area contributed by atoms with E-state index in [1.807, 2.05) is 30.3 Å². The van der Waals surface area contributed by atoms with Crippen molar-refractivity contribution in [2.24, 2.45) is 0 Å². The van der Waals surface area contributed by atoms with Crippen LogP contribution >= 0.6 is 18.1 Å². The van der Waals surface area contributed by atoms with E-state index in [9.17, 15) is 19.6 Å². The van der Waals surface area contributed by atoms with E-state index in [0.29, 0.717) is 12.2 Å². The van der Waals surface area contributed by atoms with Crippen LogP contribution in [-0.4, -0.2) is 79.0 Å². The number of carbonyl (C=O) groups is 1. The lowest BCUT2D eigenvalue weighted by molar-refractivity contribution is -0.150. The second kappa shape index (κ2) is 11.2. The molecule has 0 spiro atoms. The van der Waals surface area contributed by atoms with Crippen LogP contribution in [0.3, 0.4) is 0 Å². The molecule has 1 aromatic carbocycles. The van der Waals surface area contributed by atoms with Crippen LogP contribution < -0.4 is 15.6 Å². The van der Waals surface area contributed by atoms with Crippen molar-refractivity contribution < 1.29 is 38.3 Å². The number of methoxy groups -OCH3 is 1. The number of aliphatic hydroxyl groups is 2. The molecule has 2 aliphatic heterocycles. The Balaban J connectivity index is 1.25. The number of hydrogen-bond acceptors (Lipinski definition) is 13. The third kappa shape index (κ3) is 5.55. The van der Waals surface area contributed by atoms with E-state index >= 15 is 0 Å². The first-order valence-corrected chi connectivity index (χ1v) is 15.8. The molecule has 7 atom stereocenters. The van der Waals surface area contributed by atoms with Gasteiger partial charge in [0, 0.05) is 5.75 Å². The SMILES string of the molecule is COc1nc(N)nc2c1ncn2[C@@H]1OC(COP2(=O)N[C@H](C(=O)O[C@@H](C)c3ccccc3)CCS2)[C@@H](O)[C@@]1(C)O. The second-order valence-electron chi connectivity index (χ2n) is 9.70. The fourth-order valence-corrected chi connectivity index (χ4v) is 8.46. The number of aromatic nitrogens is 4. The minimum absolute atomic E-state index is 0.0751. The van der Waals surface area contributed by atoms with Crippen molar-refractivity contribution >= 4 is 41.2 Å². The monoisotopic (exact) mass is 594 g/mol. The summed E-state index contributed by atoms with van der Waals surface area (Å²) in [5.74, 6) is -0.0791.